The van der Waals surface area contributed by atoms with Crippen LogP contribution >= 0.6 is 12.4 Å². The molecule has 2 aromatic rings. The van der Waals surface area contributed by atoms with E-state index in [1.807, 2.05) is 12.3 Å². The average molecular weight is 351 g/mol. The van der Waals surface area contributed by atoms with Crippen molar-refractivity contribution in [1.29, 1.82) is 0 Å². The maximum absolute atomic E-state index is 5.61. The van der Waals surface area contributed by atoms with Gasteiger partial charge in [0.15, 0.2) is 0 Å². The van der Waals surface area contributed by atoms with Crippen LogP contribution in [0.3, 0.4) is 0 Å². The summed E-state index contributed by atoms with van der Waals surface area (Å²) >= 11 is 0. The summed E-state index contributed by atoms with van der Waals surface area (Å²) in [6, 6.07) is 4.26. The van der Waals surface area contributed by atoms with Crippen LogP contribution in [0.5, 0.6) is 0 Å². The summed E-state index contributed by atoms with van der Waals surface area (Å²) in [6.45, 7) is 7.11. The van der Waals surface area contributed by atoms with E-state index >= 15 is 0 Å². The van der Waals surface area contributed by atoms with Crippen molar-refractivity contribution in [2.75, 3.05) is 39.4 Å². The molecule has 5 nitrogen and oxygen atoms in total. The maximum Gasteiger partial charge on any atom is 0.137 e. The van der Waals surface area contributed by atoms with Crippen molar-refractivity contribution < 1.29 is 4.74 Å². The Balaban J connectivity index is 0.00000169. The SMILES string of the molecule is Cl.c1cnc2[nH]c(C3CCCNC3)c(CN3CCCOCC3)c2c1. The predicted molar refractivity (Wildman–Crippen MR) is 98.9 cm³/mol. The van der Waals surface area contributed by atoms with Crippen molar-refractivity contribution in [1.82, 2.24) is 20.2 Å². The number of halogens is 1. The molecule has 1 unspecified atom stereocenters. The van der Waals surface area contributed by atoms with Gasteiger partial charge in [0.2, 0.25) is 0 Å². The molecule has 0 spiro atoms. The van der Waals surface area contributed by atoms with Crippen molar-refractivity contribution >= 4 is 23.4 Å². The second-order valence-electron chi connectivity index (χ2n) is 6.70. The fraction of sp³-hybridized carbons (Fsp3) is 0.611. The van der Waals surface area contributed by atoms with E-state index in [4.69, 9.17) is 4.74 Å². The molecule has 0 amide bonds. The van der Waals surface area contributed by atoms with Crippen LogP contribution in [0.25, 0.3) is 11.0 Å². The molecule has 1 atom stereocenters. The number of ether oxygens (including phenoxy) is 1. The number of hydrogen-bond acceptors (Lipinski definition) is 4. The third-order valence-corrected chi connectivity index (χ3v) is 5.11. The first kappa shape index (κ1) is 17.7. The summed E-state index contributed by atoms with van der Waals surface area (Å²) in [5.41, 5.74) is 3.88. The van der Waals surface area contributed by atoms with Crippen molar-refractivity contribution in [2.24, 2.45) is 0 Å². The molecule has 2 fully saturated rings. The van der Waals surface area contributed by atoms with Crippen LogP contribution in [0.1, 0.15) is 36.4 Å². The maximum atomic E-state index is 5.61. The van der Waals surface area contributed by atoms with Crippen LogP contribution < -0.4 is 5.32 Å². The van der Waals surface area contributed by atoms with Crippen molar-refractivity contribution in [3.05, 3.63) is 29.6 Å². The first-order chi connectivity index (χ1) is 11.4. The fourth-order valence-corrected chi connectivity index (χ4v) is 3.89. The lowest BCUT2D eigenvalue weighted by molar-refractivity contribution is 0.140. The summed E-state index contributed by atoms with van der Waals surface area (Å²) in [7, 11) is 0. The molecule has 0 bridgehead atoms. The van der Waals surface area contributed by atoms with Gasteiger partial charge in [-0.1, -0.05) is 0 Å². The van der Waals surface area contributed by atoms with Crippen LogP contribution in [-0.2, 0) is 11.3 Å². The summed E-state index contributed by atoms with van der Waals surface area (Å²) in [5, 5.41) is 4.83. The molecule has 0 aliphatic carbocycles. The van der Waals surface area contributed by atoms with E-state index in [-0.39, 0.29) is 12.4 Å². The lowest BCUT2D eigenvalue weighted by Gasteiger charge is -2.25. The first-order valence-electron chi connectivity index (χ1n) is 8.88. The van der Waals surface area contributed by atoms with Crippen molar-refractivity contribution in [3.63, 3.8) is 0 Å². The molecule has 132 valence electrons. The molecule has 2 aromatic heterocycles. The van der Waals surface area contributed by atoms with E-state index in [0.29, 0.717) is 5.92 Å². The minimum absolute atomic E-state index is 0. The number of aromatic amines is 1. The third-order valence-electron chi connectivity index (χ3n) is 5.11. The molecule has 0 aromatic carbocycles. The van der Waals surface area contributed by atoms with Gasteiger partial charge >= 0.3 is 0 Å². The van der Waals surface area contributed by atoms with Gasteiger partial charge in [-0.05, 0) is 43.5 Å². The number of pyridine rings is 1. The fourth-order valence-electron chi connectivity index (χ4n) is 3.89. The van der Waals surface area contributed by atoms with Crippen LogP contribution in [0.4, 0.5) is 0 Å². The molecular formula is C18H27ClN4O. The molecule has 4 heterocycles. The lowest BCUT2D eigenvalue weighted by Crippen LogP contribution is -2.30. The zero-order valence-electron chi connectivity index (χ0n) is 14.1. The van der Waals surface area contributed by atoms with E-state index in [2.05, 4.69) is 26.3 Å². The second kappa shape index (κ2) is 8.30. The number of aromatic nitrogens is 2. The molecule has 0 saturated carbocycles. The molecule has 2 N–H and O–H groups in total. The van der Waals surface area contributed by atoms with Crippen LogP contribution in [0.2, 0.25) is 0 Å². The Morgan fingerprint density at radius 1 is 1.25 bits per heavy atom. The zero-order valence-corrected chi connectivity index (χ0v) is 14.9. The minimum atomic E-state index is 0. The number of rotatable bonds is 3. The topological polar surface area (TPSA) is 53.2 Å². The molecule has 2 aliphatic rings. The molecule has 2 aliphatic heterocycles. The standard InChI is InChI=1S/C18H26N4O.ClH/c1-4-14(12-19-6-1)17-16(13-22-8-3-10-23-11-9-22)15-5-2-7-20-18(15)21-17;/h2,5,7,14,19H,1,3-4,6,8-13H2,(H,20,21);1H. The Morgan fingerprint density at radius 2 is 2.21 bits per heavy atom. The highest BCUT2D eigenvalue weighted by Crippen LogP contribution is 2.31. The first-order valence-corrected chi connectivity index (χ1v) is 8.88. The molecule has 0 radical (unpaired) electrons. The van der Waals surface area contributed by atoms with Gasteiger partial charge in [0.25, 0.3) is 0 Å². The minimum Gasteiger partial charge on any atom is -0.380 e. The highest BCUT2D eigenvalue weighted by molar-refractivity contribution is 5.85. The van der Waals surface area contributed by atoms with Gasteiger partial charge in [0.1, 0.15) is 5.65 Å². The summed E-state index contributed by atoms with van der Waals surface area (Å²) < 4.78 is 5.61. The average Bonchev–Trinajstić information content (AvgIpc) is 2.78. The highest BCUT2D eigenvalue weighted by Gasteiger charge is 2.23. The Hall–Kier alpha value is -1.14. The molecule has 24 heavy (non-hydrogen) atoms. The zero-order chi connectivity index (χ0) is 15.5. The number of nitrogens with zero attached hydrogens (tertiary/aromatic N) is 2. The normalized spacial score (nSPS) is 22.9. The summed E-state index contributed by atoms with van der Waals surface area (Å²) in [5.74, 6) is 0.580. The lowest BCUT2D eigenvalue weighted by atomic mass is 9.93. The highest BCUT2D eigenvalue weighted by atomic mass is 35.5. The number of fused-ring (bicyclic) bond motifs is 1. The quantitative estimate of drug-likeness (QED) is 0.893. The van der Waals surface area contributed by atoms with Gasteiger partial charge < -0.3 is 15.0 Å². The molecule has 4 rings (SSSR count). The summed E-state index contributed by atoms with van der Waals surface area (Å²) in [4.78, 5) is 10.7. The molecule has 6 heteroatoms. The largest absolute Gasteiger partial charge is 0.380 e. The van der Waals surface area contributed by atoms with E-state index in [1.165, 1.54) is 29.5 Å². The van der Waals surface area contributed by atoms with Crippen LogP contribution in [-0.4, -0.2) is 54.3 Å². The molecule has 2 saturated heterocycles. The summed E-state index contributed by atoms with van der Waals surface area (Å²) in [6.07, 6.45) is 5.52. The predicted octanol–water partition coefficient (Wildman–Crippen LogP) is 2.67. The third kappa shape index (κ3) is 3.75. The number of piperidine rings is 1. The second-order valence-corrected chi connectivity index (χ2v) is 6.70. The van der Waals surface area contributed by atoms with Crippen LogP contribution in [0.15, 0.2) is 18.3 Å². The van der Waals surface area contributed by atoms with E-state index in [9.17, 15) is 0 Å². The van der Waals surface area contributed by atoms with Gasteiger partial charge in [0, 0.05) is 56.0 Å². The smallest absolute Gasteiger partial charge is 0.137 e. The van der Waals surface area contributed by atoms with Crippen molar-refractivity contribution in [3.8, 4) is 0 Å². The van der Waals surface area contributed by atoms with Gasteiger partial charge in [-0.15, -0.1) is 12.4 Å². The van der Waals surface area contributed by atoms with E-state index in [0.717, 1.165) is 58.0 Å². The Labute approximate surface area is 149 Å². The monoisotopic (exact) mass is 350 g/mol. The Morgan fingerprint density at radius 3 is 3.08 bits per heavy atom. The Bertz CT molecular complexity index is 646. The van der Waals surface area contributed by atoms with E-state index < -0.39 is 0 Å². The number of nitrogens with one attached hydrogen (secondary N) is 2. The van der Waals surface area contributed by atoms with Crippen LogP contribution in [0, 0.1) is 0 Å². The van der Waals surface area contributed by atoms with Gasteiger partial charge in [-0.25, -0.2) is 4.98 Å². The van der Waals surface area contributed by atoms with Gasteiger partial charge in [-0.3, -0.25) is 4.90 Å². The van der Waals surface area contributed by atoms with E-state index in [1.54, 1.807) is 0 Å². The molecular weight excluding hydrogens is 324 g/mol. The van der Waals surface area contributed by atoms with Crippen molar-refractivity contribution in [2.45, 2.75) is 31.7 Å². The number of hydrogen-bond donors (Lipinski definition) is 2. The number of H-pyrrole nitrogens is 1. The Kier molecular flexibility index (Phi) is 6.11. The van der Waals surface area contributed by atoms with Gasteiger partial charge in [-0.2, -0.15) is 0 Å². The van der Waals surface area contributed by atoms with Gasteiger partial charge in [0.05, 0.1) is 6.61 Å².